The van der Waals surface area contributed by atoms with Crippen molar-refractivity contribution in [2.45, 2.75) is 37.9 Å². The third-order valence-corrected chi connectivity index (χ3v) is 5.19. The average molecular weight is 465 g/mol. The molecule has 0 radical (unpaired) electrons. The van der Waals surface area contributed by atoms with Crippen molar-refractivity contribution in [3.63, 3.8) is 0 Å². The molecule has 1 aliphatic rings. The Bertz CT molecular complexity index is 859. The SMILES string of the molecule is C=NC(=N/C=C(\C)C(CNC(=O)c1ccccc1Cl)N1CCC(F)(F)CC1)C(F)(F)F. The van der Waals surface area contributed by atoms with Crippen LogP contribution in [0.25, 0.3) is 0 Å². The summed E-state index contributed by atoms with van der Waals surface area (Å²) in [6.07, 6.45) is -4.59. The van der Waals surface area contributed by atoms with E-state index in [-0.39, 0.29) is 43.1 Å². The molecule has 1 heterocycles. The van der Waals surface area contributed by atoms with Gasteiger partial charge in [-0.15, -0.1) is 0 Å². The maximum Gasteiger partial charge on any atom is 0.451 e. The van der Waals surface area contributed by atoms with Gasteiger partial charge in [-0.3, -0.25) is 9.69 Å². The van der Waals surface area contributed by atoms with Crippen LogP contribution < -0.4 is 5.32 Å². The quantitative estimate of drug-likeness (QED) is 0.376. The lowest BCUT2D eigenvalue weighted by Crippen LogP contribution is -2.50. The summed E-state index contributed by atoms with van der Waals surface area (Å²) in [6, 6.07) is 5.71. The fraction of sp³-hybridized carbons (Fsp3) is 0.450. The second kappa shape index (κ2) is 10.3. The largest absolute Gasteiger partial charge is 0.451 e. The van der Waals surface area contributed by atoms with E-state index in [9.17, 15) is 26.7 Å². The van der Waals surface area contributed by atoms with Gasteiger partial charge >= 0.3 is 6.18 Å². The number of piperidine rings is 1. The van der Waals surface area contributed by atoms with Crippen molar-refractivity contribution in [2.24, 2.45) is 9.98 Å². The molecule has 1 fully saturated rings. The molecule has 1 aliphatic heterocycles. The molecule has 1 aromatic rings. The Morgan fingerprint density at radius 1 is 1.32 bits per heavy atom. The van der Waals surface area contributed by atoms with Crippen LogP contribution in [-0.2, 0) is 0 Å². The Morgan fingerprint density at radius 2 is 1.94 bits per heavy atom. The molecule has 1 N–H and O–H groups in total. The molecule has 0 spiro atoms. The lowest BCUT2D eigenvalue weighted by molar-refractivity contribution is -0.0609. The summed E-state index contributed by atoms with van der Waals surface area (Å²) in [7, 11) is 0. The molecule has 1 saturated heterocycles. The van der Waals surface area contributed by atoms with E-state index in [1.165, 1.54) is 13.0 Å². The van der Waals surface area contributed by atoms with Crippen molar-refractivity contribution >= 4 is 30.1 Å². The fourth-order valence-electron chi connectivity index (χ4n) is 3.12. The topological polar surface area (TPSA) is 57.1 Å². The maximum atomic E-state index is 13.6. The third kappa shape index (κ3) is 7.10. The second-order valence-electron chi connectivity index (χ2n) is 7.08. The van der Waals surface area contributed by atoms with Crippen LogP contribution in [0.1, 0.15) is 30.1 Å². The number of nitrogens with zero attached hydrogens (tertiary/aromatic N) is 3. The molecule has 1 unspecified atom stereocenters. The average Bonchev–Trinajstić information content (AvgIpc) is 2.68. The van der Waals surface area contributed by atoms with E-state index in [1.54, 1.807) is 23.1 Å². The van der Waals surface area contributed by atoms with Crippen LogP contribution in [0.5, 0.6) is 0 Å². The molecule has 1 amide bonds. The highest BCUT2D eigenvalue weighted by Crippen LogP contribution is 2.30. The zero-order valence-electron chi connectivity index (χ0n) is 16.7. The number of rotatable bonds is 6. The smallest absolute Gasteiger partial charge is 0.350 e. The number of alkyl halides is 5. The lowest BCUT2D eigenvalue weighted by atomic mass is 10.0. The zero-order valence-corrected chi connectivity index (χ0v) is 17.5. The molecular weight excluding hydrogens is 443 g/mol. The van der Waals surface area contributed by atoms with E-state index < -0.39 is 29.9 Å². The predicted octanol–water partition coefficient (Wildman–Crippen LogP) is 4.73. The van der Waals surface area contributed by atoms with Gasteiger partial charge in [0.2, 0.25) is 5.84 Å². The van der Waals surface area contributed by atoms with Gasteiger partial charge in [0.1, 0.15) is 0 Å². The van der Waals surface area contributed by atoms with Crippen molar-refractivity contribution in [3.05, 3.63) is 46.6 Å². The van der Waals surface area contributed by atoms with Gasteiger partial charge in [0.25, 0.3) is 11.8 Å². The Morgan fingerprint density at radius 3 is 2.48 bits per heavy atom. The molecule has 170 valence electrons. The van der Waals surface area contributed by atoms with E-state index in [2.05, 4.69) is 22.0 Å². The molecule has 1 atom stereocenters. The Hall–Kier alpha value is -2.33. The monoisotopic (exact) mass is 464 g/mol. The van der Waals surface area contributed by atoms with Crippen LogP contribution in [-0.4, -0.2) is 61.1 Å². The van der Waals surface area contributed by atoms with E-state index >= 15 is 0 Å². The second-order valence-corrected chi connectivity index (χ2v) is 7.49. The lowest BCUT2D eigenvalue weighted by Gasteiger charge is -2.38. The molecule has 1 aromatic carbocycles. The number of likely N-dealkylation sites (tertiary alicyclic amines) is 1. The highest BCUT2D eigenvalue weighted by atomic mass is 35.5. The van der Waals surface area contributed by atoms with Crippen molar-refractivity contribution < 1.29 is 26.7 Å². The normalized spacial score (nSPS) is 19.1. The van der Waals surface area contributed by atoms with E-state index in [4.69, 9.17) is 11.6 Å². The summed E-state index contributed by atoms with van der Waals surface area (Å²) in [6.45, 7) is 4.37. The minimum absolute atomic E-state index is 0.0142. The molecule has 0 bridgehead atoms. The number of carbonyl (C=O) groups is 1. The number of benzene rings is 1. The molecule has 11 heteroatoms. The first kappa shape index (κ1) is 24.9. The summed E-state index contributed by atoms with van der Waals surface area (Å²) < 4.78 is 65.6. The molecular formula is C20H22ClF5N4O. The van der Waals surface area contributed by atoms with Gasteiger partial charge < -0.3 is 5.32 Å². The molecule has 0 aliphatic carbocycles. The number of amides is 1. The number of halogens is 6. The van der Waals surface area contributed by atoms with Crippen molar-refractivity contribution in [3.8, 4) is 0 Å². The standard InChI is InChI=1S/C20H22ClF5N4O/c1-13(11-29-18(27-2)20(24,25)26)16(30-9-7-19(22,23)8-10-30)12-28-17(31)14-5-3-4-6-15(14)21/h3-6,11,16H,2,7-10,12H2,1H3,(H,28,31)/b13-11+,29-18?. The van der Waals surface area contributed by atoms with Gasteiger partial charge in [-0.25, -0.2) is 18.8 Å². The number of hydrogen-bond donors (Lipinski definition) is 1. The van der Waals surface area contributed by atoms with Gasteiger partial charge in [-0.1, -0.05) is 23.7 Å². The van der Waals surface area contributed by atoms with Gasteiger partial charge in [0, 0.05) is 44.7 Å². The van der Waals surface area contributed by atoms with Crippen LogP contribution in [0.15, 0.2) is 46.0 Å². The molecule has 2 rings (SSSR count). The minimum Gasteiger partial charge on any atom is -0.350 e. The van der Waals surface area contributed by atoms with Gasteiger partial charge in [0.15, 0.2) is 0 Å². The molecule has 0 saturated carbocycles. The van der Waals surface area contributed by atoms with E-state index in [0.29, 0.717) is 5.57 Å². The highest BCUT2D eigenvalue weighted by Gasteiger charge is 2.37. The van der Waals surface area contributed by atoms with Gasteiger partial charge in [-0.2, -0.15) is 13.2 Å². The summed E-state index contributed by atoms with van der Waals surface area (Å²) in [4.78, 5) is 20.4. The highest BCUT2D eigenvalue weighted by molar-refractivity contribution is 6.33. The first-order valence-electron chi connectivity index (χ1n) is 9.37. The summed E-state index contributed by atoms with van der Waals surface area (Å²) in [5.41, 5.74) is 0.568. The van der Waals surface area contributed by atoms with Gasteiger partial charge in [-0.05, 0) is 31.3 Å². The van der Waals surface area contributed by atoms with Crippen LogP contribution in [0, 0.1) is 0 Å². The predicted molar refractivity (Wildman–Crippen MR) is 110 cm³/mol. The van der Waals surface area contributed by atoms with Crippen LogP contribution >= 0.6 is 11.6 Å². The van der Waals surface area contributed by atoms with Crippen LogP contribution in [0.3, 0.4) is 0 Å². The third-order valence-electron chi connectivity index (χ3n) is 4.86. The van der Waals surface area contributed by atoms with Crippen LogP contribution in [0.2, 0.25) is 5.02 Å². The number of nitrogens with one attached hydrogen (secondary N) is 1. The fourth-order valence-corrected chi connectivity index (χ4v) is 3.35. The number of carbonyl (C=O) groups excluding carboxylic acids is 1. The first-order chi connectivity index (χ1) is 14.4. The Balaban J connectivity index is 2.23. The zero-order chi connectivity index (χ0) is 23.2. The first-order valence-corrected chi connectivity index (χ1v) is 9.75. The maximum absolute atomic E-state index is 13.6. The van der Waals surface area contributed by atoms with E-state index in [0.717, 1.165) is 6.20 Å². The van der Waals surface area contributed by atoms with Gasteiger partial charge in [0.05, 0.1) is 10.6 Å². The van der Waals surface area contributed by atoms with Crippen molar-refractivity contribution in [2.75, 3.05) is 19.6 Å². The summed E-state index contributed by atoms with van der Waals surface area (Å²) in [5.74, 6) is -4.71. The molecule has 31 heavy (non-hydrogen) atoms. The Kier molecular flexibility index (Phi) is 8.30. The Labute approximate surface area is 181 Å². The van der Waals surface area contributed by atoms with Crippen LogP contribution in [0.4, 0.5) is 22.0 Å². The number of amidine groups is 1. The molecule has 0 aromatic heterocycles. The summed E-state index contributed by atoms with van der Waals surface area (Å²) >= 11 is 6.01. The van der Waals surface area contributed by atoms with Crippen molar-refractivity contribution in [1.29, 1.82) is 0 Å². The summed E-state index contributed by atoms with van der Waals surface area (Å²) in [5, 5.41) is 2.90. The molecule has 5 nitrogen and oxygen atoms in total. The minimum atomic E-state index is -4.78. The number of hydrogen-bond acceptors (Lipinski definition) is 3. The number of aliphatic imine (C=N–C) groups is 2. The van der Waals surface area contributed by atoms with E-state index in [1.807, 2.05) is 0 Å². The van der Waals surface area contributed by atoms with Crippen molar-refractivity contribution in [1.82, 2.24) is 10.2 Å².